The Morgan fingerprint density at radius 3 is 2.63 bits per heavy atom. The molecule has 1 unspecified atom stereocenters. The van der Waals surface area contributed by atoms with Crippen molar-refractivity contribution in [1.29, 1.82) is 0 Å². The topological polar surface area (TPSA) is 20.3 Å². The summed E-state index contributed by atoms with van der Waals surface area (Å²) in [6.45, 7) is 9.71. The highest BCUT2D eigenvalue weighted by molar-refractivity contribution is 5.81. The summed E-state index contributed by atoms with van der Waals surface area (Å²) in [4.78, 5) is 14.3. The fourth-order valence-corrected chi connectivity index (χ4v) is 2.39. The van der Waals surface area contributed by atoms with Gasteiger partial charge in [-0.3, -0.25) is 4.79 Å². The Labute approximate surface area is 118 Å². The minimum Gasteiger partial charge on any atom is -0.339 e. The van der Waals surface area contributed by atoms with Crippen LogP contribution >= 0.6 is 0 Å². The standard InChI is InChI=1S/C17H29NO/c1-5-13-18(16(19)17(2,3)4)14-9-12-15-10-7-6-8-11-15/h6-7,9,12,15H,5,8,10-11,13-14H2,1-4H3. The molecule has 0 N–H and O–H groups in total. The van der Waals surface area contributed by atoms with E-state index in [4.69, 9.17) is 0 Å². The smallest absolute Gasteiger partial charge is 0.228 e. The lowest BCUT2D eigenvalue weighted by Gasteiger charge is -2.28. The molecule has 1 amide bonds. The molecule has 1 rings (SSSR count). The van der Waals surface area contributed by atoms with Crippen LogP contribution in [0.4, 0.5) is 0 Å². The maximum Gasteiger partial charge on any atom is 0.228 e. The van der Waals surface area contributed by atoms with Crippen LogP contribution in [0.5, 0.6) is 0 Å². The maximum atomic E-state index is 12.3. The average Bonchev–Trinajstić information content (AvgIpc) is 2.37. The summed E-state index contributed by atoms with van der Waals surface area (Å²) in [5, 5.41) is 0. The first-order valence-corrected chi connectivity index (χ1v) is 7.56. The molecule has 108 valence electrons. The van der Waals surface area contributed by atoms with Gasteiger partial charge in [0.05, 0.1) is 0 Å². The second kappa shape index (κ2) is 7.52. The van der Waals surface area contributed by atoms with E-state index in [9.17, 15) is 4.79 Å². The molecule has 0 saturated carbocycles. The molecule has 0 bridgehead atoms. The molecule has 0 spiro atoms. The van der Waals surface area contributed by atoms with Crippen molar-refractivity contribution in [3.63, 3.8) is 0 Å². The molecule has 0 heterocycles. The van der Waals surface area contributed by atoms with Gasteiger partial charge in [0.1, 0.15) is 0 Å². The Hall–Kier alpha value is -1.05. The van der Waals surface area contributed by atoms with Gasteiger partial charge in [0.25, 0.3) is 0 Å². The van der Waals surface area contributed by atoms with Gasteiger partial charge in [-0.25, -0.2) is 0 Å². The maximum absolute atomic E-state index is 12.3. The lowest BCUT2D eigenvalue weighted by Crippen LogP contribution is -2.40. The number of hydrogen-bond donors (Lipinski definition) is 0. The Morgan fingerprint density at radius 2 is 2.11 bits per heavy atom. The largest absolute Gasteiger partial charge is 0.339 e. The molecule has 1 aliphatic rings. The fraction of sp³-hybridized carbons (Fsp3) is 0.706. The van der Waals surface area contributed by atoms with Crippen LogP contribution in [0.3, 0.4) is 0 Å². The van der Waals surface area contributed by atoms with Gasteiger partial charge in [0, 0.05) is 18.5 Å². The molecular formula is C17H29NO. The van der Waals surface area contributed by atoms with E-state index in [1.165, 1.54) is 12.8 Å². The lowest BCUT2D eigenvalue weighted by molar-refractivity contribution is -0.138. The zero-order chi connectivity index (χ0) is 14.3. The molecule has 19 heavy (non-hydrogen) atoms. The van der Waals surface area contributed by atoms with Gasteiger partial charge in [-0.2, -0.15) is 0 Å². The van der Waals surface area contributed by atoms with Crippen molar-refractivity contribution in [3.05, 3.63) is 24.3 Å². The lowest BCUT2D eigenvalue weighted by atomic mass is 9.93. The summed E-state index contributed by atoms with van der Waals surface area (Å²) >= 11 is 0. The Morgan fingerprint density at radius 1 is 1.37 bits per heavy atom. The summed E-state index contributed by atoms with van der Waals surface area (Å²) in [5.41, 5.74) is -0.281. The van der Waals surface area contributed by atoms with E-state index in [1.54, 1.807) is 0 Å². The van der Waals surface area contributed by atoms with Crippen LogP contribution in [0.15, 0.2) is 24.3 Å². The first kappa shape index (κ1) is 16.0. The molecule has 0 fully saturated rings. The fourth-order valence-electron chi connectivity index (χ4n) is 2.39. The third-order valence-electron chi connectivity index (χ3n) is 3.47. The van der Waals surface area contributed by atoms with Gasteiger partial charge in [0.2, 0.25) is 5.91 Å². The van der Waals surface area contributed by atoms with Gasteiger partial charge >= 0.3 is 0 Å². The molecule has 0 aromatic carbocycles. The summed E-state index contributed by atoms with van der Waals surface area (Å²) in [6.07, 6.45) is 13.6. The monoisotopic (exact) mass is 263 g/mol. The van der Waals surface area contributed by atoms with Crippen LogP contribution < -0.4 is 0 Å². The van der Waals surface area contributed by atoms with Crippen LogP contribution in [-0.4, -0.2) is 23.9 Å². The second-order valence-electron chi connectivity index (χ2n) is 6.47. The summed E-state index contributed by atoms with van der Waals surface area (Å²) in [6, 6.07) is 0. The third-order valence-corrected chi connectivity index (χ3v) is 3.47. The molecule has 0 saturated heterocycles. The van der Waals surface area contributed by atoms with E-state index in [0.29, 0.717) is 5.92 Å². The molecule has 2 heteroatoms. The van der Waals surface area contributed by atoms with Crippen LogP contribution in [-0.2, 0) is 4.79 Å². The molecule has 0 aromatic heterocycles. The van der Waals surface area contributed by atoms with Crippen molar-refractivity contribution < 1.29 is 4.79 Å². The number of rotatable bonds is 5. The van der Waals surface area contributed by atoms with Gasteiger partial charge in [0.15, 0.2) is 0 Å². The molecule has 2 nitrogen and oxygen atoms in total. The van der Waals surface area contributed by atoms with Crippen molar-refractivity contribution in [2.45, 2.75) is 53.4 Å². The third kappa shape index (κ3) is 5.63. The number of carbonyl (C=O) groups is 1. The first-order chi connectivity index (χ1) is 8.95. The van der Waals surface area contributed by atoms with Crippen molar-refractivity contribution in [2.75, 3.05) is 13.1 Å². The van der Waals surface area contributed by atoms with Crippen LogP contribution in [0.25, 0.3) is 0 Å². The van der Waals surface area contributed by atoms with Crippen LogP contribution in [0.2, 0.25) is 0 Å². The van der Waals surface area contributed by atoms with Crippen LogP contribution in [0.1, 0.15) is 53.4 Å². The quantitative estimate of drug-likeness (QED) is 0.681. The highest BCUT2D eigenvalue weighted by Crippen LogP contribution is 2.20. The number of carbonyl (C=O) groups excluding carboxylic acids is 1. The van der Waals surface area contributed by atoms with Gasteiger partial charge < -0.3 is 4.90 Å². The predicted octanol–water partition coefficient (Wildman–Crippen LogP) is 4.18. The normalized spacial score (nSPS) is 19.9. The van der Waals surface area contributed by atoms with Gasteiger partial charge in [-0.05, 0) is 31.6 Å². The van der Waals surface area contributed by atoms with Crippen molar-refractivity contribution in [3.8, 4) is 0 Å². The molecule has 1 aliphatic carbocycles. The summed E-state index contributed by atoms with van der Waals surface area (Å²) < 4.78 is 0. The summed E-state index contributed by atoms with van der Waals surface area (Å²) in [7, 11) is 0. The van der Waals surface area contributed by atoms with E-state index >= 15 is 0 Å². The number of amides is 1. The van der Waals surface area contributed by atoms with E-state index in [1.807, 2.05) is 25.7 Å². The molecule has 0 aliphatic heterocycles. The minimum absolute atomic E-state index is 0.252. The molecule has 1 atom stereocenters. The van der Waals surface area contributed by atoms with Gasteiger partial charge in [-0.15, -0.1) is 0 Å². The van der Waals surface area contributed by atoms with Crippen LogP contribution in [0, 0.1) is 11.3 Å². The summed E-state index contributed by atoms with van der Waals surface area (Å²) in [5.74, 6) is 0.917. The Kier molecular flexibility index (Phi) is 6.33. The molecule has 0 radical (unpaired) electrons. The Bertz CT molecular complexity index is 336. The number of allylic oxidation sites excluding steroid dienone is 3. The predicted molar refractivity (Wildman–Crippen MR) is 81.9 cm³/mol. The van der Waals surface area contributed by atoms with E-state index in [2.05, 4.69) is 31.2 Å². The Balaban J connectivity index is 2.51. The second-order valence-corrected chi connectivity index (χ2v) is 6.47. The zero-order valence-corrected chi connectivity index (χ0v) is 13.0. The van der Waals surface area contributed by atoms with E-state index in [-0.39, 0.29) is 11.3 Å². The van der Waals surface area contributed by atoms with E-state index in [0.717, 1.165) is 25.9 Å². The van der Waals surface area contributed by atoms with Gasteiger partial charge in [-0.1, -0.05) is 52.0 Å². The van der Waals surface area contributed by atoms with E-state index < -0.39 is 0 Å². The SMILES string of the molecule is CCCN(CC=CC1CC=CCC1)C(=O)C(C)(C)C. The highest BCUT2D eigenvalue weighted by atomic mass is 16.2. The highest BCUT2D eigenvalue weighted by Gasteiger charge is 2.25. The first-order valence-electron chi connectivity index (χ1n) is 7.56. The minimum atomic E-state index is -0.281. The zero-order valence-electron chi connectivity index (χ0n) is 13.0. The number of nitrogens with zero attached hydrogens (tertiary/aromatic N) is 1. The van der Waals surface area contributed by atoms with Crippen molar-refractivity contribution in [1.82, 2.24) is 4.90 Å². The average molecular weight is 263 g/mol. The van der Waals surface area contributed by atoms with Crippen molar-refractivity contribution >= 4 is 5.91 Å². The molecule has 0 aromatic rings. The van der Waals surface area contributed by atoms with Crippen molar-refractivity contribution in [2.24, 2.45) is 11.3 Å². The molecular weight excluding hydrogens is 234 g/mol. The number of hydrogen-bond acceptors (Lipinski definition) is 1.